The molecular formula is C10H11NO4. The van der Waals surface area contributed by atoms with Crippen LogP contribution < -0.4 is 4.74 Å². The molecule has 1 rings (SSSR count). The van der Waals surface area contributed by atoms with E-state index in [1.54, 1.807) is 19.9 Å². The highest BCUT2D eigenvalue weighted by Gasteiger charge is 2.20. The number of hydrogen-bond donors (Lipinski definition) is 0. The Hall–Kier alpha value is -1.91. The van der Waals surface area contributed by atoms with E-state index in [0.29, 0.717) is 5.56 Å². The molecule has 0 aliphatic rings. The molecule has 0 aliphatic carbocycles. The van der Waals surface area contributed by atoms with Crippen molar-refractivity contribution in [1.82, 2.24) is 0 Å². The van der Waals surface area contributed by atoms with Crippen LogP contribution in [0.5, 0.6) is 5.75 Å². The summed E-state index contributed by atoms with van der Waals surface area (Å²) in [4.78, 5) is 20.9. The molecule has 0 radical (unpaired) electrons. The van der Waals surface area contributed by atoms with Crippen LogP contribution in [0.4, 0.5) is 5.69 Å². The van der Waals surface area contributed by atoms with Gasteiger partial charge in [0, 0.05) is 18.6 Å². The van der Waals surface area contributed by atoms with Gasteiger partial charge in [-0.15, -0.1) is 0 Å². The number of rotatable bonds is 2. The Balaban J connectivity index is 3.34. The topological polar surface area (TPSA) is 69.4 Å². The third-order valence-corrected chi connectivity index (χ3v) is 2.10. The number of carbonyl (C=O) groups excluding carboxylic acids is 1. The van der Waals surface area contributed by atoms with E-state index in [4.69, 9.17) is 4.74 Å². The Kier molecular flexibility index (Phi) is 3.04. The minimum absolute atomic E-state index is 0.0347. The largest absolute Gasteiger partial charge is 0.419 e. The van der Waals surface area contributed by atoms with E-state index in [2.05, 4.69) is 0 Å². The summed E-state index contributed by atoms with van der Waals surface area (Å²) in [6.07, 6.45) is 0. The molecule has 80 valence electrons. The van der Waals surface area contributed by atoms with Gasteiger partial charge in [0.2, 0.25) is 5.75 Å². The molecule has 0 heterocycles. The molecule has 0 fully saturated rings. The first-order chi connectivity index (χ1) is 6.93. The summed E-state index contributed by atoms with van der Waals surface area (Å²) in [5, 5.41) is 10.7. The van der Waals surface area contributed by atoms with Crippen LogP contribution in [0.15, 0.2) is 12.1 Å². The highest BCUT2D eigenvalue weighted by atomic mass is 16.6. The fourth-order valence-corrected chi connectivity index (χ4v) is 1.19. The number of nitrogens with zero attached hydrogens (tertiary/aromatic N) is 1. The Morgan fingerprint density at radius 1 is 1.40 bits per heavy atom. The van der Waals surface area contributed by atoms with Gasteiger partial charge in [0.1, 0.15) is 0 Å². The van der Waals surface area contributed by atoms with Crippen LogP contribution >= 0.6 is 0 Å². The van der Waals surface area contributed by atoms with Crippen LogP contribution in [0, 0.1) is 24.0 Å². The number of ether oxygens (including phenoxy) is 1. The molecule has 0 atom stereocenters. The van der Waals surface area contributed by atoms with Crippen molar-refractivity contribution in [2.24, 2.45) is 0 Å². The molecular weight excluding hydrogens is 198 g/mol. The van der Waals surface area contributed by atoms with Gasteiger partial charge in [-0.2, -0.15) is 0 Å². The van der Waals surface area contributed by atoms with Gasteiger partial charge in [0.25, 0.3) is 0 Å². The van der Waals surface area contributed by atoms with Crippen molar-refractivity contribution in [3.63, 3.8) is 0 Å². The number of aryl methyl sites for hydroxylation is 1. The summed E-state index contributed by atoms with van der Waals surface area (Å²) in [6.45, 7) is 4.69. The Morgan fingerprint density at radius 3 is 2.47 bits per heavy atom. The number of nitro benzene ring substituents is 1. The second-order valence-electron chi connectivity index (χ2n) is 3.21. The molecule has 0 aliphatic heterocycles. The first-order valence-electron chi connectivity index (χ1n) is 4.36. The lowest BCUT2D eigenvalue weighted by molar-refractivity contribution is -0.385. The second-order valence-corrected chi connectivity index (χ2v) is 3.21. The predicted molar refractivity (Wildman–Crippen MR) is 53.9 cm³/mol. The maximum Gasteiger partial charge on any atom is 0.311 e. The molecule has 0 spiro atoms. The van der Waals surface area contributed by atoms with Crippen LogP contribution in [0.1, 0.15) is 18.1 Å². The maximum absolute atomic E-state index is 10.8. The molecule has 0 N–H and O–H groups in total. The Morgan fingerprint density at radius 2 is 2.00 bits per heavy atom. The van der Waals surface area contributed by atoms with Gasteiger partial charge in [-0.3, -0.25) is 14.9 Å². The molecule has 1 aromatic rings. The first kappa shape index (κ1) is 11.2. The fourth-order valence-electron chi connectivity index (χ4n) is 1.19. The van der Waals surface area contributed by atoms with Crippen LogP contribution in [0.2, 0.25) is 0 Å². The number of esters is 1. The second kappa shape index (κ2) is 4.08. The van der Waals surface area contributed by atoms with Gasteiger partial charge in [0.05, 0.1) is 4.92 Å². The van der Waals surface area contributed by atoms with Crippen molar-refractivity contribution in [3.05, 3.63) is 33.4 Å². The zero-order valence-corrected chi connectivity index (χ0v) is 8.73. The fraction of sp³-hybridized carbons (Fsp3) is 0.300. The van der Waals surface area contributed by atoms with Gasteiger partial charge in [-0.05, 0) is 19.4 Å². The Labute approximate surface area is 86.8 Å². The summed E-state index contributed by atoms with van der Waals surface area (Å²) in [6, 6.07) is 2.96. The summed E-state index contributed by atoms with van der Waals surface area (Å²) in [5.41, 5.74) is 1.27. The smallest absolute Gasteiger partial charge is 0.311 e. The number of hydrogen-bond acceptors (Lipinski definition) is 4. The molecule has 0 amide bonds. The van der Waals surface area contributed by atoms with Crippen molar-refractivity contribution in [2.75, 3.05) is 0 Å². The third-order valence-electron chi connectivity index (χ3n) is 2.10. The maximum atomic E-state index is 10.8. The van der Waals surface area contributed by atoms with E-state index in [-0.39, 0.29) is 11.4 Å². The molecule has 5 nitrogen and oxygen atoms in total. The van der Waals surface area contributed by atoms with Gasteiger partial charge in [0.15, 0.2) is 0 Å². The summed E-state index contributed by atoms with van der Waals surface area (Å²) in [5.74, 6) is -0.528. The molecule has 0 saturated heterocycles. The lowest BCUT2D eigenvalue weighted by Gasteiger charge is -2.07. The number of nitro groups is 1. The van der Waals surface area contributed by atoms with Gasteiger partial charge in [-0.25, -0.2) is 0 Å². The molecule has 0 unspecified atom stereocenters. The number of benzene rings is 1. The summed E-state index contributed by atoms with van der Waals surface area (Å²) >= 11 is 0. The summed E-state index contributed by atoms with van der Waals surface area (Å²) in [7, 11) is 0. The molecule has 0 saturated carbocycles. The summed E-state index contributed by atoms with van der Waals surface area (Å²) < 4.78 is 4.84. The van der Waals surface area contributed by atoms with Crippen molar-refractivity contribution in [1.29, 1.82) is 0 Å². The zero-order chi connectivity index (χ0) is 11.6. The zero-order valence-electron chi connectivity index (χ0n) is 8.73. The minimum atomic E-state index is -0.565. The Bertz CT molecular complexity index is 426. The van der Waals surface area contributed by atoms with E-state index < -0.39 is 10.9 Å². The lowest BCUT2D eigenvalue weighted by Crippen LogP contribution is -2.06. The SMILES string of the molecule is CC(=O)Oc1c([N+](=O)[O-])ccc(C)c1C. The van der Waals surface area contributed by atoms with Gasteiger partial charge >= 0.3 is 11.7 Å². The third kappa shape index (κ3) is 2.31. The standard InChI is InChI=1S/C10H11NO4/c1-6-4-5-9(11(13)14)10(7(6)2)15-8(3)12/h4-5H,1-3H3. The minimum Gasteiger partial charge on any atom is -0.419 e. The van der Waals surface area contributed by atoms with Crippen molar-refractivity contribution in [3.8, 4) is 5.75 Å². The van der Waals surface area contributed by atoms with Crippen molar-refractivity contribution < 1.29 is 14.5 Å². The quantitative estimate of drug-likeness (QED) is 0.324. The van der Waals surface area contributed by atoms with Crippen molar-refractivity contribution >= 4 is 11.7 Å². The molecule has 0 aromatic heterocycles. The molecule has 15 heavy (non-hydrogen) atoms. The molecule has 5 heteroatoms. The first-order valence-corrected chi connectivity index (χ1v) is 4.36. The normalized spacial score (nSPS) is 9.80. The van der Waals surface area contributed by atoms with Crippen molar-refractivity contribution in [2.45, 2.75) is 20.8 Å². The van der Waals surface area contributed by atoms with Crippen LogP contribution in [0.25, 0.3) is 0 Å². The van der Waals surface area contributed by atoms with E-state index in [9.17, 15) is 14.9 Å². The highest BCUT2D eigenvalue weighted by molar-refractivity contribution is 5.72. The predicted octanol–water partition coefficient (Wildman–Crippen LogP) is 2.14. The van der Waals surface area contributed by atoms with Crippen LogP contribution in [-0.2, 0) is 4.79 Å². The average molecular weight is 209 g/mol. The molecule has 1 aromatic carbocycles. The van der Waals surface area contributed by atoms with E-state index in [0.717, 1.165) is 5.56 Å². The van der Waals surface area contributed by atoms with E-state index in [1.807, 2.05) is 0 Å². The van der Waals surface area contributed by atoms with E-state index in [1.165, 1.54) is 13.0 Å². The van der Waals surface area contributed by atoms with Gasteiger partial charge in [-0.1, -0.05) is 6.07 Å². The lowest BCUT2D eigenvalue weighted by atomic mass is 10.1. The van der Waals surface area contributed by atoms with Gasteiger partial charge < -0.3 is 4.74 Å². The highest BCUT2D eigenvalue weighted by Crippen LogP contribution is 2.32. The van der Waals surface area contributed by atoms with Crippen LogP contribution in [0.3, 0.4) is 0 Å². The van der Waals surface area contributed by atoms with E-state index >= 15 is 0 Å². The number of carbonyl (C=O) groups is 1. The monoisotopic (exact) mass is 209 g/mol. The molecule has 0 bridgehead atoms. The van der Waals surface area contributed by atoms with Crippen LogP contribution in [-0.4, -0.2) is 10.9 Å². The average Bonchev–Trinajstić information content (AvgIpc) is 2.12.